The second-order valence-electron chi connectivity index (χ2n) is 6.02. The molecule has 4 heterocycles. The number of anilines is 2. The Kier molecular flexibility index (Phi) is 4.54. The second kappa shape index (κ2) is 6.99. The van der Waals surface area contributed by atoms with Crippen LogP contribution in [0.25, 0.3) is 5.82 Å². The normalized spacial score (nSPS) is 14.7. The summed E-state index contributed by atoms with van der Waals surface area (Å²) < 4.78 is 16.5. The van der Waals surface area contributed by atoms with E-state index in [-0.39, 0.29) is 5.82 Å². The van der Waals surface area contributed by atoms with Crippen molar-refractivity contribution >= 4 is 27.6 Å². The summed E-state index contributed by atoms with van der Waals surface area (Å²) >= 11 is 3.24. The minimum Gasteiger partial charge on any atom is -0.353 e. The summed E-state index contributed by atoms with van der Waals surface area (Å²) in [6, 6.07) is 5.22. The van der Waals surface area contributed by atoms with E-state index in [1.54, 1.807) is 17.1 Å². The molecule has 0 aromatic carbocycles. The molecule has 0 aliphatic carbocycles. The molecule has 3 aromatic rings. The first-order valence-corrected chi connectivity index (χ1v) is 9.06. The number of nitrogens with zero attached hydrogens (tertiary/aromatic N) is 7. The van der Waals surface area contributed by atoms with Gasteiger partial charge in [-0.25, -0.2) is 24.0 Å². The van der Waals surface area contributed by atoms with Crippen molar-refractivity contribution in [2.24, 2.45) is 0 Å². The molecule has 3 aromatic heterocycles. The van der Waals surface area contributed by atoms with Gasteiger partial charge in [-0.3, -0.25) is 0 Å². The van der Waals surface area contributed by atoms with Crippen molar-refractivity contribution < 1.29 is 4.39 Å². The molecule has 0 bridgehead atoms. The van der Waals surface area contributed by atoms with Crippen molar-refractivity contribution in [3.8, 4) is 5.82 Å². The van der Waals surface area contributed by atoms with Gasteiger partial charge in [0, 0.05) is 55.3 Å². The van der Waals surface area contributed by atoms with Gasteiger partial charge in [0.05, 0.1) is 0 Å². The lowest BCUT2D eigenvalue weighted by Crippen LogP contribution is -2.47. The van der Waals surface area contributed by atoms with E-state index in [4.69, 9.17) is 0 Å². The summed E-state index contributed by atoms with van der Waals surface area (Å²) in [5, 5.41) is 4.23. The lowest BCUT2D eigenvalue weighted by Gasteiger charge is -2.36. The molecule has 1 aliphatic heterocycles. The maximum atomic E-state index is 14.1. The molecule has 0 N–H and O–H groups in total. The average molecular weight is 418 g/mol. The molecule has 0 atom stereocenters. The van der Waals surface area contributed by atoms with Gasteiger partial charge in [-0.2, -0.15) is 5.10 Å². The van der Waals surface area contributed by atoms with Gasteiger partial charge in [0.25, 0.3) is 0 Å². The second-order valence-corrected chi connectivity index (χ2v) is 6.93. The molecule has 0 amide bonds. The zero-order valence-electron chi connectivity index (χ0n) is 14.2. The molecule has 7 nitrogen and oxygen atoms in total. The van der Waals surface area contributed by atoms with Crippen LogP contribution < -0.4 is 9.80 Å². The topological polar surface area (TPSA) is 63.0 Å². The highest BCUT2D eigenvalue weighted by molar-refractivity contribution is 9.10. The quantitative estimate of drug-likeness (QED) is 0.652. The Morgan fingerprint density at radius 3 is 2.46 bits per heavy atom. The number of hydrogen-bond acceptors (Lipinski definition) is 6. The number of hydrogen-bond donors (Lipinski definition) is 0. The van der Waals surface area contributed by atoms with E-state index in [1.807, 2.05) is 30.2 Å². The molecule has 1 fully saturated rings. The van der Waals surface area contributed by atoms with Crippen LogP contribution in [0.3, 0.4) is 0 Å². The van der Waals surface area contributed by atoms with E-state index in [2.05, 4.69) is 40.9 Å². The van der Waals surface area contributed by atoms with Gasteiger partial charge in [-0.1, -0.05) is 0 Å². The Hall–Kier alpha value is -2.55. The van der Waals surface area contributed by atoms with Crippen LogP contribution in [0.1, 0.15) is 5.82 Å². The van der Waals surface area contributed by atoms with Crippen LogP contribution in [0.4, 0.5) is 16.0 Å². The lowest BCUT2D eigenvalue weighted by molar-refractivity contribution is 0.585. The highest BCUT2D eigenvalue weighted by Gasteiger charge is 2.22. The molecule has 0 radical (unpaired) electrons. The third-order valence-electron chi connectivity index (χ3n) is 4.24. The van der Waals surface area contributed by atoms with Crippen LogP contribution in [0.15, 0.2) is 41.3 Å². The van der Waals surface area contributed by atoms with Crippen LogP contribution in [0.2, 0.25) is 0 Å². The third-order valence-corrected chi connectivity index (χ3v) is 4.68. The maximum absolute atomic E-state index is 14.1. The van der Waals surface area contributed by atoms with Crippen LogP contribution >= 0.6 is 15.9 Å². The predicted molar refractivity (Wildman–Crippen MR) is 100 cm³/mol. The maximum Gasteiger partial charge on any atom is 0.166 e. The van der Waals surface area contributed by atoms with Crippen LogP contribution in [0.5, 0.6) is 0 Å². The first kappa shape index (κ1) is 16.9. The number of rotatable bonds is 3. The van der Waals surface area contributed by atoms with Gasteiger partial charge < -0.3 is 9.80 Å². The summed E-state index contributed by atoms with van der Waals surface area (Å²) in [7, 11) is 0. The van der Waals surface area contributed by atoms with Crippen molar-refractivity contribution in [1.82, 2.24) is 24.7 Å². The molecule has 0 spiro atoms. The minimum atomic E-state index is -0.313. The zero-order chi connectivity index (χ0) is 18.1. The largest absolute Gasteiger partial charge is 0.353 e. The Morgan fingerprint density at radius 1 is 1.04 bits per heavy atom. The van der Waals surface area contributed by atoms with Crippen LogP contribution in [-0.4, -0.2) is 50.9 Å². The van der Waals surface area contributed by atoms with Crippen molar-refractivity contribution in [1.29, 1.82) is 0 Å². The van der Waals surface area contributed by atoms with Gasteiger partial charge in [-0.05, 0) is 35.0 Å². The zero-order valence-corrected chi connectivity index (χ0v) is 15.8. The smallest absolute Gasteiger partial charge is 0.166 e. The van der Waals surface area contributed by atoms with Crippen molar-refractivity contribution in [3.63, 3.8) is 0 Å². The SMILES string of the molecule is Cc1nc(N2CCN(c3ncc(Br)cc3F)CC2)cc(-n2cccn2)n1. The Labute approximate surface area is 158 Å². The first-order chi connectivity index (χ1) is 12.6. The lowest BCUT2D eigenvalue weighted by atomic mass is 10.3. The van der Waals surface area contributed by atoms with Gasteiger partial charge >= 0.3 is 0 Å². The fourth-order valence-corrected chi connectivity index (χ4v) is 3.31. The third kappa shape index (κ3) is 3.39. The van der Waals surface area contributed by atoms with E-state index < -0.39 is 0 Å². The highest BCUT2D eigenvalue weighted by Crippen LogP contribution is 2.23. The van der Waals surface area contributed by atoms with Gasteiger partial charge in [-0.15, -0.1) is 0 Å². The molecule has 26 heavy (non-hydrogen) atoms. The number of halogens is 2. The molecule has 0 unspecified atom stereocenters. The molecule has 1 saturated heterocycles. The van der Waals surface area contributed by atoms with Crippen molar-refractivity contribution in [2.75, 3.05) is 36.0 Å². The molecule has 9 heteroatoms. The molecule has 134 valence electrons. The van der Waals surface area contributed by atoms with E-state index in [0.717, 1.165) is 24.7 Å². The van der Waals surface area contributed by atoms with Crippen molar-refractivity contribution in [2.45, 2.75) is 6.92 Å². The van der Waals surface area contributed by atoms with Crippen molar-refractivity contribution in [3.05, 3.63) is 52.9 Å². The molecular weight excluding hydrogens is 401 g/mol. The molecule has 1 aliphatic rings. The number of aryl methyl sites for hydroxylation is 1. The van der Waals surface area contributed by atoms with E-state index in [1.165, 1.54) is 6.07 Å². The summed E-state index contributed by atoms with van der Waals surface area (Å²) in [4.78, 5) is 17.3. The standard InChI is InChI=1S/C17H17BrFN7/c1-12-22-15(10-16(23-12)26-4-2-3-21-26)24-5-7-25(8-6-24)17-14(19)9-13(18)11-20-17/h2-4,9-11H,5-8H2,1H3. The van der Waals surface area contributed by atoms with E-state index in [0.29, 0.717) is 29.2 Å². The predicted octanol–water partition coefficient (Wildman–Crippen LogP) is 2.59. The number of pyridine rings is 1. The monoisotopic (exact) mass is 417 g/mol. The van der Waals surface area contributed by atoms with Gasteiger partial charge in [0.15, 0.2) is 17.5 Å². The molecule has 0 saturated carbocycles. The Balaban J connectivity index is 1.51. The fourth-order valence-electron chi connectivity index (χ4n) is 3.01. The summed E-state index contributed by atoms with van der Waals surface area (Å²) in [5.74, 6) is 2.36. The molecular formula is C17H17BrFN7. The van der Waals surface area contributed by atoms with Gasteiger partial charge in [0.2, 0.25) is 0 Å². The Bertz CT molecular complexity index is 907. The highest BCUT2D eigenvalue weighted by atomic mass is 79.9. The van der Waals surface area contributed by atoms with Gasteiger partial charge in [0.1, 0.15) is 11.6 Å². The number of aromatic nitrogens is 5. The summed E-state index contributed by atoms with van der Waals surface area (Å²) in [5.41, 5.74) is 0. The minimum absolute atomic E-state index is 0.313. The first-order valence-electron chi connectivity index (χ1n) is 8.27. The van der Waals surface area contributed by atoms with Crippen LogP contribution in [-0.2, 0) is 0 Å². The van der Waals surface area contributed by atoms with Crippen LogP contribution in [0, 0.1) is 12.7 Å². The van der Waals surface area contributed by atoms with E-state index >= 15 is 0 Å². The fraction of sp³-hybridized carbons (Fsp3) is 0.294. The summed E-state index contributed by atoms with van der Waals surface area (Å²) in [6.45, 7) is 4.67. The average Bonchev–Trinajstić information content (AvgIpc) is 3.16. The molecule has 4 rings (SSSR count). The Morgan fingerprint density at radius 2 is 1.77 bits per heavy atom. The summed E-state index contributed by atoms with van der Waals surface area (Å²) in [6.07, 6.45) is 5.19. The number of piperazine rings is 1. The van der Waals surface area contributed by atoms with E-state index in [9.17, 15) is 4.39 Å².